The minimum atomic E-state index is -3.37. The molecule has 2 aromatic carbocycles. The second-order valence-electron chi connectivity index (χ2n) is 7.13. The summed E-state index contributed by atoms with van der Waals surface area (Å²) in [5.74, 6) is -0.192. The van der Waals surface area contributed by atoms with E-state index in [1.165, 1.54) is 29.3 Å². The summed E-state index contributed by atoms with van der Waals surface area (Å²) in [6, 6.07) is 13.0. The van der Waals surface area contributed by atoms with Crippen molar-refractivity contribution in [3.63, 3.8) is 0 Å². The van der Waals surface area contributed by atoms with Crippen LogP contribution in [0.5, 0.6) is 0 Å². The Morgan fingerprint density at radius 2 is 2.00 bits per heavy atom. The van der Waals surface area contributed by atoms with Crippen LogP contribution >= 0.6 is 11.6 Å². The van der Waals surface area contributed by atoms with Crippen molar-refractivity contribution in [2.75, 3.05) is 25.2 Å². The average molecular weight is 408 g/mol. The van der Waals surface area contributed by atoms with E-state index < -0.39 is 9.84 Å². The van der Waals surface area contributed by atoms with Crippen LogP contribution in [0.25, 0.3) is 0 Å². The third-order valence-corrected chi connectivity index (χ3v) is 6.48. The van der Waals surface area contributed by atoms with E-state index in [0.29, 0.717) is 10.7 Å². The van der Waals surface area contributed by atoms with E-state index in [2.05, 4.69) is 23.5 Å². The number of carbonyl (C=O) groups excluding carboxylic acids is 1. The van der Waals surface area contributed by atoms with Crippen LogP contribution < -0.4 is 10.2 Å². The maximum absolute atomic E-state index is 12.6. The van der Waals surface area contributed by atoms with Crippen molar-refractivity contribution < 1.29 is 18.1 Å². The summed E-state index contributed by atoms with van der Waals surface area (Å²) in [6.45, 7) is 0.276. The number of nitrogens with one attached hydrogen (secondary N) is 2. The largest absolute Gasteiger partial charge is 0.323 e. The molecule has 27 heavy (non-hydrogen) atoms. The number of amides is 1. The molecule has 0 radical (unpaired) electrons. The van der Waals surface area contributed by atoms with Crippen LogP contribution in [0.15, 0.2) is 47.4 Å². The van der Waals surface area contributed by atoms with Gasteiger partial charge in [0.05, 0.1) is 22.7 Å². The molecule has 2 N–H and O–H groups in total. The zero-order valence-electron chi connectivity index (χ0n) is 15.5. The Kier molecular flexibility index (Phi) is 5.89. The van der Waals surface area contributed by atoms with E-state index in [1.807, 2.05) is 13.1 Å². The molecule has 0 fully saturated rings. The molecule has 1 amide bonds. The first-order valence-corrected chi connectivity index (χ1v) is 11.2. The lowest BCUT2D eigenvalue weighted by molar-refractivity contribution is -0.905. The molecule has 0 heterocycles. The zero-order chi connectivity index (χ0) is 19.6. The van der Waals surface area contributed by atoms with Crippen LogP contribution in [0.2, 0.25) is 5.02 Å². The number of hydrogen-bond donors (Lipinski definition) is 2. The minimum absolute atomic E-state index is 0.129. The number of benzene rings is 2. The monoisotopic (exact) mass is 407 g/mol. The number of aryl methyl sites for hydroxylation is 1. The Hall–Kier alpha value is -1.89. The Labute approximate surface area is 165 Å². The molecule has 1 aliphatic carbocycles. The second-order valence-corrected chi connectivity index (χ2v) is 9.55. The Bertz CT molecular complexity index is 959. The number of hydrogen-bond acceptors (Lipinski definition) is 3. The van der Waals surface area contributed by atoms with Gasteiger partial charge in [-0.1, -0.05) is 35.9 Å². The van der Waals surface area contributed by atoms with Gasteiger partial charge in [-0.25, -0.2) is 8.42 Å². The second kappa shape index (κ2) is 8.00. The highest BCUT2D eigenvalue weighted by atomic mass is 35.5. The summed E-state index contributed by atoms with van der Waals surface area (Å²) in [7, 11) is -1.35. The first kappa shape index (κ1) is 19.9. The lowest BCUT2D eigenvalue weighted by Gasteiger charge is -2.30. The van der Waals surface area contributed by atoms with Crippen LogP contribution in [0.4, 0.5) is 5.69 Å². The fraction of sp³-hybridized carbons (Fsp3) is 0.350. The molecule has 0 aromatic heterocycles. The molecule has 3 rings (SSSR count). The van der Waals surface area contributed by atoms with Gasteiger partial charge in [-0.2, -0.15) is 0 Å². The van der Waals surface area contributed by atoms with Gasteiger partial charge in [0.2, 0.25) is 0 Å². The summed E-state index contributed by atoms with van der Waals surface area (Å²) in [5, 5.41) is 3.08. The highest BCUT2D eigenvalue weighted by molar-refractivity contribution is 7.90. The van der Waals surface area contributed by atoms with Crippen LogP contribution in [0.3, 0.4) is 0 Å². The zero-order valence-corrected chi connectivity index (χ0v) is 17.0. The number of carbonyl (C=O) groups is 1. The molecule has 144 valence electrons. The smallest absolute Gasteiger partial charge is 0.279 e. The van der Waals surface area contributed by atoms with E-state index in [1.54, 1.807) is 0 Å². The SMILES string of the molecule is C[NH+](CC(=O)Nc1cc(S(C)(=O)=O)ccc1Cl)[C@H]1CCCc2ccccc21. The number of sulfone groups is 1. The van der Waals surface area contributed by atoms with E-state index in [-0.39, 0.29) is 23.4 Å². The van der Waals surface area contributed by atoms with Gasteiger partial charge in [-0.05, 0) is 36.6 Å². The molecule has 7 heteroatoms. The Morgan fingerprint density at radius 1 is 1.26 bits per heavy atom. The van der Waals surface area contributed by atoms with Crippen LogP contribution in [-0.2, 0) is 21.1 Å². The van der Waals surface area contributed by atoms with Gasteiger partial charge in [-0.3, -0.25) is 4.79 Å². The molecule has 1 unspecified atom stereocenters. The molecule has 2 aromatic rings. The van der Waals surface area contributed by atoms with Crippen molar-refractivity contribution in [2.24, 2.45) is 0 Å². The molecule has 0 saturated carbocycles. The molecular weight excluding hydrogens is 384 g/mol. The predicted octanol–water partition coefficient (Wildman–Crippen LogP) is 2.27. The van der Waals surface area contributed by atoms with Crippen molar-refractivity contribution in [1.82, 2.24) is 0 Å². The van der Waals surface area contributed by atoms with Crippen molar-refractivity contribution in [3.05, 3.63) is 58.6 Å². The van der Waals surface area contributed by atoms with Gasteiger partial charge >= 0.3 is 0 Å². The number of anilines is 1. The van der Waals surface area contributed by atoms with Crippen LogP contribution in [0.1, 0.15) is 30.0 Å². The van der Waals surface area contributed by atoms with Gasteiger partial charge in [0.15, 0.2) is 16.4 Å². The molecule has 1 aliphatic rings. The van der Waals surface area contributed by atoms with Crippen molar-refractivity contribution in [1.29, 1.82) is 0 Å². The van der Waals surface area contributed by atoms with E-state index in [0.717, 1.165) is 30.4 Å². The molecule has 2 atom stereocenters. The van der Waals surface area contributed by atoms with Gasteiger partial charge in [0.25, 0.3) is 5.91 Å². The molecular formula is C20H24ClN2O3S+. The highest BCUT2D eigenvalue weighted by Gasteiger charge is 2.28. The molecule has 0 bridgehead atoms. The van der Waals surface area contributed by atoms with Gasteiger partial charge in [0, 0.05) is 18.2 Å². The summed E-state index contributed by atoms with van der Waals surface area (Å²) in [5.41, 5.74) is 2.99. The molecule has 0 saturated heterocycles. The number of quaternary nitrogens is 1. The first-order valence-electron chi connectivity index (χ1n) is 8.95. The Balaban J connectivity index is 1.72. The molecule has 0 aliphatic heterocycles. The topological polar surface area (TPSA) is 67.7 Å². The molecule has 0 spiro atoms. The summed E-state index contributed by atoms with van der Waals surface area (Å²) < 4.78 is 23.4. The fourth-order valence-corrected chi connectivity index (χ4v) is 4.48. The first-order chi connectivity index (χ1) is 12.8. The maximum atomic E-state index is 12.6. The van der Waals surface area contributed by atoms with Gasteiger partial charge in [0.1, 0.15) is 6.04 Å². The molecule has 5 nitrogen and oxygen atoms in total. The van der Waals surface area contributed by atoms with Gasteiger partial charge in [-0.15, -0.1) is 0 Å². The van der Waals surface area contributed by atoms with E-state index in [9.17, 15) is 13.2 Å². The van der Waals surface area contributed by atoms with Crippen molar-refractivity contribution in [3.8, 4) is 0 Å². The van der Waals surface area contributed by atoms with Gasteiger partial charge < -0.3 is 10.2 Å². The highest BCUT2D eigenvalue weighted by Crippen LogP contribution is 2.27. The number of halogens is 1. The van der Waals surface area contributed by atoms with Crippen LogP contribution in [0, 0.1) is 0 Å². The summed E-state index contributed by atoms with van der Waals surface area (Å²) >= 11 is 6.13. The lowest BCUT2D eigenvalue weighted by atomic mass is 9.87. The van der Waals surface area contributed by atoms with Crippen molar-refractivity contribution >= 4 is 33.0 Å². The standard InChI is InChI=1S/C20H23ClN2O3S/c1-23(19-9-5-7-14-6-3-4-8-16(14)19)13-20(24)22-18-12-15(27(2,25)26)10-11-17(18)21/h3-4,6,8,10-12,19H,5,7,9,13H2,1-2H3,(H,22,24)/p+1/t19-/m0/s1. The number of likely N-dealkylation sites (N-methyl/N-ethyl adjacent to an activating group) is 1. The third kappa shape index (κ3) is 4.69. The number of fused-ring (bicyclic) bond motifs is 1. The fourth-order valence-electron chi connectivity index (χ4n) is 3.67. The minimum Gasteiger partial charge on any atom is -0.323 e. The van der Waals surface area contributed by atoms with Crippen molar-refractivity contribution in [2.45, 2.75) is 30.2 Å². The lowest BCUT2D eigenvalue weighted by Crippen LogP contribution is -3.10. The maximum Gasteiger partial charge on any atom is 0.279 e. The summed E-state index contributed by atoms with van der Waals surface area (Å²) in [4.78, 5) is 13.8. The van der Waals surface area contributed by atoms with E-state index in [4.69, 9.17) is 11.6 Å². The number of rotatable bonds is 5. The third-order valence-electron chi connectivity index (χ3n) is 5.04. The summed E-state index contributed by atoms with van der Waals surface area (Å²) in [6.07, 6.45) is 4.36. The Morgan fingerprint density at radius 3 is 2.74 bits per heavy atom. The predicted molar refractivity (Wildman–Crippen MR) is 107 cm³/mol. The quantitative estimate of drug-likeness (QED) is 0.799. The average Bonchev–Trinajstić information content (AvgIpc) is 2.62. The van der Waals surface area contributed by atoms with Crippen LogP contribution in [-0.4, -0.2) is 34.2 Å². The van der Waals surface area contributed by atoms with E-state index >= 15 is 0 Å². The normalized spacial score (nSPS) is 17.8.